The summed E-state index contributed by atoms with van der Waals surface area (Å²) in [6.45, 7) is 3.77. The van der Waals surface area contributed by atoms with Gasteiger partial charge in [-0.1, -0.05) is 0 Å². The molecule has 1 N–H and O–H groups in total. The predicted octanol–water partition coefficient (Wildman–Crippen LogP) is 1.69. The summed E-state index contributed by atoms with van der Waals surface area (Å²) in [5.74, 6) is -0.376. The third-order valence-electron chi connectivity index (χ3n) is 6.57. The Morgan fingerprint density at radius 2 is 1.68 bits per heavy atom. The Morgan fingerprint density at radius 3 is 2.35 bits per heavy atom. The van der Waals surface area contributed by atoms with Gasteiger partial charge in [-0.3, -0.25) is 19.7 Å². The van der Waals surface area contributed by atoms with Gasteiger partial charge in [-0.25, -0.2) is 0 Å². The van der Waals surface area contributed by atoms with Crippen molar-refractivity contribution in [3.05, 3.63) is 36.3 Å². The fourth-order valence-corrected chi connectivity index (χ4v) is 4.71. The van der Waals surface area contributed by atoms with Crippen molar-refractivity contribution < 1.29 is 19.1 Å². The van der Waals surface area contributed by atoms with Crippen LogP contribution in [-0.2, 0) is 14.3 Å². The highest BCUT2D eigenvalue weighted by Crippen LogP contribution is 2.32. The zero-order chi connectivity index (χ0) is 21.3. The van der Waals surface area contributed by atoms with E-state index in [1.807, 2.05) is 17.0 Å². The molecular formula is C22H27N5O4. The number of pyridine rings is 1. The molecule has 0 aliphatic carbocycles. The Kier molecular flexibility index (Phi) is 5.45. The van der Waals surface area contributed by atoms with Gasteiger partial charge in [0.15, 0.2) is 5.79 Å². The maximum absolute atomic E-state index is 13.0. The molecule has 2 aromatic rings. The van der Waals surface area contributed by atoms with E-state index in [1.54, 1.807) is 23.4 Å². The second-order valence-corrected chi connectivity index (χ2v) is 8.40. The maximum atomic E-state index is 13.0. The van der Waals surface area contributed by atoms with E-state index >= 15 is 0 Å². The molecule has 9 heteroatoms. The zero-order valence-corrected chi connectivity index (χ0v) is 17.5. The van der Waals surface area contributed by atoms with Gasteiger partial charge in [0.25, 0.3) is 5.91 Å². The van der Waals surface area contributed by atoms with Crippen molar-refractivity contribution in [2.75, 3.05) is 39.4 Å². The van der Waals surface area contributed by atoms with Crippen molar-refractivity contribution in [1.29, 1.82) is 0 Å². The summed E-state index contributed by atoms with van der Waals surface area (Å²) in [4.78, 5) is 33.6. The van der Waals surface area contributed by atoms with Crippen LogP contribution in [0.15, 0.2) is 30.6 Å². The van der Waals surface area contributed by atoms with Crippen molar-refractivity contribution in [2.24, 2.45) is 5.92 Å². The SMILES string of the molecule is O=C(c1cc(-c2ccncc2)n[nH]1)N1CCC(C(=O)N2CCC3(CC2)OCCO3)CC1. The highest BCUT2D eigenvalue weighted by molar-refractivity contribution is 5.93. The third kappa shape index (κ3) is 4.07. The number of carbonyl (C=O) groups is 2. The summed E-state index contributed by atoms with van der Waals surface area (Å²) in [6.07, 6.45) is 6.23. The molecule has 1 spiro atoms. The highest BCUT2D eigenvalue weighted by atomic mass is 16.7. The van der Waals surface area contributed by atoms with Crippen molar-refractivity contribution in [3.8, 4) is 11.3 Å². The van der Waals surface area contributed by atoms with Crippen LogP contribution in [0.4, 0.5) is 0 Å². The van der Waals surface area contributed by atoms with Crippen LogP contribution in [-0.4, -0.2) is 82.0 Å². The average Bonchev–Trinajstić information content (AvgIpc) is 3.50. The predicted molar refractivity (Wildman–Crippen MR) is 111 cm³/mol. The number of amides is 2. The van der Waals surface area contributed by atoms with E-state index in [9.17, 15) is 9.59 Å². The van der Waals surface area contributed by atoms with E-state index in [4.69, 9.17) is 9.47 Å². The van der Waals surface area contributed by atoms with Crippen LogP contribution in [0.25, 0.3) is 11.3 Å². The fourth-order valence-electron chi connectivity index (χ4n) is 4.71. The molecule has 0 atom stereocenters. The number of carbonyl (C=O) groups excluding carboxylic acids is 2. The molecule has 5 rings (SSSR count). The third-order valence-corrected chi connectivity index (χ3v) is 6.57. The molecule has 3 aliphatic rings. The molecule has 3 aliphatic heterocycles. The Morgan fingerprint density at radius 1 is 1.00 bits per heavy atom. The number of H-pyrrole nitrogens is 1. The van der Waals surface area contributed by atoms with Gasteiger partial charge < -0.3 is 19.3 Å². The second kappa shape index (κ2) is 8.39. The first-order chi connectivity index (χ1) is 15.1. The molecule has 31 heavy (non-hydrogen) atoms. The van der Waals surface area contributed by atoms with E-state index in [0.717, 1.165) is 18.4 Å². The standard InChI is InChI=1S/C22H27N5O4/c28-20(27-11-5-22(6-12-27)30-13-14-31-22)17-3-9-26(10-4-17)21(29)19-15-18(24-25-19)16-1-7-23-8-2-16/h1-2,7-8,15,17H,3-6,9-14H2,(H,24,25). The lowest BCUT2D eigenvalue weighted by Crippen LogP contribution is -2.50. The maximum Gasteiger partial charge on any atom is 0.271 e. The number of hydrogen-bond donors (Lipinski definition) is 1. The Balaban J connectivity index is 1.14. The second-order valence-electron chi connectivity index (χ2n) is 8.40. The molecular weight excluding hydrogens is 398 g/mol. The van der Waals surface area contributed by atoms with Crippen molar-refractivity contribution in [1.82, 2.24) is 25.0 Å². The lowest BCUT2D eigenvalue weighted by molar-refractivity contribution is -0.188. The molecule has 2 amide bonds. The Hall–Kier alpha value is -2.78. The van der Waals surface area contributed by atoms with Crippen LogP contribution in [0.2, 0.25) is 0 Å². The molecule has 0 bridgehead atoms. The normalized spacial score (nSPS) is 21.5. The number of likely N-dealkylation sites (tertiary alicyclic amines) is 2. The van der Waals surface area contributed by atoms with Crippen LogP contribution in [0, 0.1) is 5.92 Å². The first-order valence-corrected chi connectivity index (χ1v) is 11.0. The van der Waals surface area contributed by atoms with E-state index in [0.29, 0.717) is 63.6 Å². The number of nitrogens with zero attached hydrogens (tertiary/aromatic N) is 4. The number of rotatable bonds is 3. The monoisotopic (exact) mass is 425 g/mol. The number of aromatic nitrogens is 3. The molecule has 9 nitrogen and oxygen atoms in total. The molecule has 0 unspecified atom stereocenters. The van der Waals surface area contributed by atoms with Crippen LogP contribution < -0.4 is 0 Å². The van der Waals surface area contributed by atoms with Gasteiger partial charge in [0.1, 0.15) is 5.69 Å². The van der Waals surface area contributed by atoms with Crippen LogP contribution in [0.5, 0.6) is 0 Å². The Labute approximate surface area is 180 Å². The van der Waals surface area contributed by atoms with Gasteiger partial charge in [-0.2, -0.15) is 5.10 Å². The average molecular weight is 425 g/mol. The zero-order valence-electron chi connectivity index (χ0n) is 17.5. The summed E-state index contributed by atoms with van der Waals surface area (Å²) < 4.78 is 11.5. The largest absolute Gasteiger partial charge is 0.347 e. The van der Waals surface area contributed by atoms with Gasteiger partial charge in [0.2, 0.25) is 5.91 Å². The van der Waals surface area contributed by atoms with E-state index in [1.165, 1.54) is 0 Å². The lowest BCUT2D eigenvalue weighted by atomic mass is 9.93. The molecule has 0 aromatic carbocycles. The van der Waals surface area contributed by atoms with E-state index in [2.05, 4.69) is 15.2 Å². The summed E-state index contributed by atoms with van der Waals surface area (Å²) in [6, 6.07) is 5.48. The lowest BCUT2D eigenvalue weighted by Gasteiger charge is -2.40. The summed E-state index contributed by atoms with van der Waals surface area (Å²) >= 11 is 0. The van der Waals surface area contributed by atoms with Crippen LogP contribution >= 0.6 is 0 Å². The molecule has 2 aromatic heterocycles. The molecule has 3 saturated heterocycles. The quantitative estimate of drug-likeness (QED) is 0.803. The summed E-state index contributed by atoms with van der Waals surface area (Å²) in [5.41, 5.74) is 2.09. The molecule has 5 heterocycles. The number of nitrogens with one attached hydrogen (secondary N) is 1. The minimum Gasteiger partial charge on any atom is -0.347 e. The van der Waals surface area contributed by atoms with Crippen LogP contribution in [0.3, 0.4) is 0 Å². The van der Waals surface area contributed by atoms with Crippen LogP contribution in [0.1, 0.15) is 36.2 Å². The number of piperidine rings is 2. The van der Waals surface area contributed by atoms with Gasteiger partial charge >= 0.3 is 0 Å². The number of ether oxygens (including phenoxy) is 2. The first-order valence-electron chi connectivity index (χ1n) is 11.0. The molecule has 0 saturated carbocycles. The minimum absolute atomic E-state index is 0.0299. The highest BCUT2D eigenvalue weighted by Gasteiger charge is 2.42. The number of hydrogen-bond acceptors (Lipinski definition) is 6. The first kappa shape index (κ1) is 20.1. The van der Waals surface area contributed by atoms with Gasteiger partial charge in [0, 0.05) is 62.9 Å². The smallest absolute Gasteiger partial charge is 0.271 e. The van der Waals surface area contributed by atoms with E-state index in [-0.39, 0.29) is 17.7 Å². The van der Waals surface area contributed by atoms with Crippen molar-refractivity contribution >= 4 is 11.8 Å². The van der Waals surface area contributed by atoms with Crippen molar-refractivity contribution in [3.63, 3.8) is 0 Å². The minimum atomic E-state index is -0.467. The van der Waals surface area contributed by atoms with Gasteiger partial charge in [0.05, 0.1) is 18.9 Å². The molecule has 3 fully saturated rings. The van der Waals surface area contributed by atoms with Crippen molar-refractivity contribution in [2.45, 2.75) is 31.5 Å². The number of aromatic amines is 1. The van der Waals surface area contributed by atoms with E-state index < -0.39 is 5.79 Å². The molecule has 0 radical (unpaired) electrons. The fraction of sp³-hybridized carbons (Fsp3) is 0.545. The van der Waals surface area contributed by atoms with Gasteiger partial charge in [-0.15, -0.1) is 0 Å². The molecule has 164 valence electrons. The summed E-state index contributed by atoms with van der Waals surface area (Å²) in [7, 11) is 0. The summed E-state index contributed by atoms with van der Waals surface area (Å²) in [5, 5.41) is 7.11. The Bertz CT molecular complexity index is 922. The topological polar surface area (TPSA) is 101 Å². The van der Waals surface area contributed by atoms with Gasteiger partial charge in [-0.05, 0) is 31.0 Å².